The number of aromatic amines is 1. The molecule has 0 radical (unpaired) electrons. The van der Waals surface area contributed by atoms with Gasteiger partial charge in [0.2, 0.25) is 0 Å². The van der Waals surface area contributed by atoms with Crippen LogP contribution in [0.2, 0.25) is 0 Å². The van der Waals surface area contributed by atoms with E-state index in [1.54, 1.807) is 42.3 Å². The van der Waals surface area contributed by atoms with Crippen LogP contribution in [0.15, 0.2) is 54.6 Å². The molecule has 2 heterocycles. The van der Waals surface area contributed by atoms with E-state index in [1.165, 1.54) is 0 Å². The Morgan fingerprint density at radius 1 is 1.09 bits per heavy atom. The molecule has 0 bridgehead atoms. The quantitative estimate of drug-likeness (QED) is 0.577. The molecule has 0 saturated carbocycles. The summed E-state index contributed by atoms with van der Waals surface area (Å²) in [5.41, 5.74) is 2.64. The first-order valence-electron chi connectivity index (χ1n) is 11.1. The van der Waals surface area contributed by atoms with Gasteiger partial charge in [0.25, 0.3) is 11.8 Å². The van der Waals surface area contributed by atoms with Gasteiger partial charge in [-0.05, 0) is 68.3 Å². The molecule has 2 aromatic carbocycles. The highest BCUT2D eigenvalue weighted by molar-refractivity contribution is 5.95. The summed E-state index contributed by atoms with van der Waals surface area (Å²) in [6.07, 6.45) is 1.39. The summed E-state index contributed by atoms with van der Waals surface area (Å²) >= 11 is 0. The Balaban J connectivity index is 1.31. The van der Waals surface area contributed by atoms with E-state index >= 15 is 0 Å². The van der Waals surface area contributed by atoms with Crippen LogP contribution in [0.5, 0.6) is 11.5 Å². The second kappa shape index (κ2) is 10.2. The summed E-state index contributed by atoms with van der Waals surface area (Å²) in [5, 5.41) is 10.2. The number of amides is 2. The van der Waals surface area contributed by atoms with Crippen molar-refractivity contribution < 1.29 is 19.1 Å². The summed E-state index contributed by atoms with van der Waals surface area (Å²) in [7, 11) is 1.57. The van der Waals surface area contributed by atoms with Crippen LogP contribution in [0.3, 0.4) is 0 Å². The third kappa shape index (κ3) is 5.34. The van der Waals surface area contributed by atoms with Crippen molar-refractivity contribution in [3.63, 3.8) is 0 Å². The van der Waals surface area contributed by atoms with Crippen molar-refractivity contribution in [1.29, 1.82) is 0 Å². The topological polar surface area (TPSA) is 96.5 Å². The number of carbonyl (C=O) groups is 2. The number of hydrogen-bond donors (Lipinski definition) is 2. The molecule has 1 fully saturated rings. The van der Waals surface area contributed by atoms with Gasteiger partial charge in [-0.3, -0.25) is 14.7 Å². The van der Waals surface area contributed by atoms with Crippen molar-refractivity contribution >= 4 is 11.8 Å². The SMILES string of the molecule is CCOc1ccc(-c2cc(C(=O)N3CCC(NC(=O)c4cccc(OC)c4)CC3)[nH]n2)cc1. The van der Waals surface area contributed by atoms with Crippen LogP contribution in [0, 0.1) is 0 Å². The maximum atomic E-state index is 12.9. The predicted octanol–water partition coefficient (Wildman–Crippen LogP) is 3.52. The van der Waals surface area contributed by atoms with Gasteiger partial charge >= 0.3 is 0 Å². The molecule has 2 amide bonds. The minimum absolute atomic E-state index is 0.0222. The van der Waals surface area contributed by atoms with E-state index in [1.807, 2.05) is 31.2 Å². The van der Waals surface area contributed by atoms with Crippen LogP contribution in [0.1, 0.15) is 40.6 Å². The lowest BCUT2D eigenvalue weighted by Gasteiger charge is -2.32. The molecule has 1 saturated heterocycles. The van der Waals surface area contributed by atoms with Crippen molar-refractivity contribution in [2.45, 2.75) is 25.8 Å². The molecular formula is C25H28N4O4. The molecule has 8 nitrogen and oxygen atoms in total. The molecule has 1 aliphatic rings. The molecule has 1 aromatic heterocycles. The van der Waals surface area contributed by atoms with Crippen molar-refractivity contribution in [2.75, 3.05) is 26.8 Å². The van der Waals surface area contributed by atoms with Crippen molar-refractivity contribution in [3.05, 3.63) is 65.9 Å². The van der Waals surface area contributed by atoms with E-state index in [2.05, 4.69) is 15.5 Å². The van der Waals surface area contributed by atoms with Gasteiger partial charge in [-0.1, -0.05) is 6.07 Å². The Bertz CT molecular complexity index is 1100. The molecule has 33 heavy (non-hydrogen) atoms. The Labute approximate surface area is 192 Å². The number of piperidine rings is 1. The number of hydrogen-bond acceptors (Lipinski definition) is 5. The van der Waals surface area contributed by atoms with Gasteiger partial charge in [0.1, 0.15) is 17.2 Å². The van der Waals surface area contributed by atoms with E-state index < -0.39 is 0 Å². The summed E-state index contributed by atoms with van der Waals surface area (Å²) in [6.45, 7) is 3.69. The van der Waals surface area contributed by atoms with Gasteiger partial charge in [0.05, 0.1) is 19.4 Å². The van der Waals surface area contributed by atoms with Gasteiger partial charge in [0, 0.05) is 30.3 Å². The first kappa shape index (κ1) is 22.4. The second-order valence-corrected chi connectivity index (χ2v) is 7.90. The maximum absolute atomic E-state index is 12.9. The molecule has 2 N–H and O–H groups in total. The van der Waals surface area contributed by atoms with Crippen LogP contribution >= 0.6 is 0 Å². The maximum Gasteiger partial charge on any atom is 0.271 e. The molecule has 0 unspecified atom stereocenters. The molecule has 0 spiro atoms. The Morgan fingerprint density at radius 3 is 2.55 bits per heavy atom. The number of likely N-dealkylation sites (tertiary alicyclic amines) is 1. The number of nitrogens with one attached hydrogen (secondary N) is 2. The largest absolute Gasteiger partial charge is 0.497 e. The fourth-order valence-electron chi connectivity index (χ4n) is 3.90. The summed E-state index contributed by atoms with van der Waals surface area (Å²) in [4.78, 5) is 27.3. The summed E-state index contributed by atoms with van der Waals surface area (Å²) in [5.74, 6) is 1.23. The zero-order valence-electron chi connectivity index (χ0n) is 18.8. The predicted molar refractivity (Wildman–Crippen MR) is 125 cm³/mol. The fourth-order valence-corrected chi connectivity index (χ4v) is 3.90. The Hall–Kier alpha value is -3.81. The average Bonchev–Trinajstić information content (AvgIpc) is 3.35. The Kier molecular flexibility index (Phi) is 6.92. The zero-order chi connectivity index (χ0) is 23.2. The van der Waals surface area contributed by atoms with Gasteiger partial charge in [-0.2, -0.15) is 5.10 Å². The lowest BCUT2D eigenvalue weighted by Crippen LogP contribution is -2.46. The van der Waals surface area contributed by atoms with Gasteiger partial charge in [0.15, 0.2) is 0 Å². The van der Waals surface area contributed by atoms with Crippen LogP contribution in [-0.2, 0) is 0 Å². The number of carbonyl (C=O) groups excluding carboxylic acids is 2. The number of ether oxygens (including phenoxy) is 2. The first-order chi connectivity index (χ1) is 16.1. The van der Waals surface area contributed by atoms with Crippen LogP contribution < -0.4 is 14.8 Å². The monoisotopic (exact) mass is 448 g/mol. The van der Waals surface area contributed by atoms with Crippen LogP contribution in [0.4, 0.5) is 0 Å². The smallest absolute Gasteiger partial charge is 0.271 e. The summed E-state index contributed by atoms with van der Waals surface area (Å²) < 4.78 is 10.7. The highest BCUT2D eigenvalue weighted by Crippen LogP contribution is 2.22. The van der Waals surface area contributed by atoms with E-state index in [9.17, 15) is 9.59 Å². The lowest BCUT2D eigenvalue weighted by molar-refractivity contribution is 0.0692. The molecule has 3 aromatic rings. The van der Waals surface area contributed by atoms with E-state index in [0.29, 0.717) is 55.2 Å². The minimum Gasteiger partial charge on any atom is -0.497 e. The number of benzene rings is 2. The standard InChI is InChI=1S/C25H28N4O4/c1-3-33-20-9-7-17(8-10-20)22-16-23(28-27-22)25(31)29-13-11-19(12-14-29)26-24(30)18-5-4-6-21(15-18)32-2/h4-10,15-16,19H,3,11-14H2,1-2H3,(H,26,30)(H,27,28). The zero-order valence-corrected chi connectivity index (χ0v) is 18.8. The third-order valence-corrected chi connectivity index (χ3v) is 5.72. The molecule has 8 heteroatoms. The highest BCUT2D eigenvalue weighted by Gasteiger charge is 2.26. The molecular weight excluding hydrogens is 420 g/mol. The number of nitrogens with zero attached hydrogens (tertiary/aromatic N) is 2. The minimum atomic E-state index is -0.132. The lowest BCUT2D eigenvalue weighted by atomic mass is 10.0. The third-order valence-electron chi connectivity index (χ3n) is 5.72. The first-order valence-corrected chi connectivity index (χ1v) is 11.1. The van der Waals surface area contributed by atoms with Crippen molar-refractivity contribution in [2.24, 2.45) is 0 Å². The molecule has 4 rings (SSSR count). The molecule has 0 atom stereocenters. The van der Waals surface area contributed by atoms with Crippen LogP contribution in [0.25, 0.3) is 11.3 Å². The number of methoxy groups -OCH3 is 1. The van der Waals surface area contributed by atoms with Crippen molar-refractivity contribution in [3.8, 4) is 22.8 Å². The fraction of sp³-hybridized carbons (Fsp3) is 0.320. The molecule has 172 valence electrons. The van der Waals surface area contributed by atoms with E-state index in [4.69, 9.17) is 9.47 Å². The molecule has 1 aliphatic heterocycles. The number of aromatic nitrogens is 2. The van der Waals surface area contributed by atoms with Crippen molar-refractivity contribution in [1.82, 2.24) is 20.4 Å². The van der Waals surface area contributed by atoms with Gasteiger partial charge in [-0.15, -0.1) is 0 Å². The number of H-pyrrole nitrogens is 1. The average molecular weight is 449 g/mol. The summed E-state index contributed by atoms with van der Waals surface area (Å²) in [6, 6.07) is 16.5. The highest BCUT2D eigenvalue weighted by atomic mass is 16.5. The van der Waals surface area contributed by atoms with Crippen LogP contribution in [-0.4, -0.2) is 59.8 Å². The van der Waals surface area contributed by atoms with E-state index in [-0.39, 0.29) is 17.9 Å². The van der Waals surface area contributed by atoms with E-state index in [0.717, 1.165) is 11.3 Å². The number of rotatable bonds is 7. The van der Waals surface area contributed by atoms with Gasteiger partial charge in [-0.25, -0.2) is 0 Å². The Morgan fingerprint density at radius 2 is 1.85 bits per heavy atom. The molecule has 0 aliphatic carbocycles. The van der Waals surface area contributed by atoms with Gasteiger partial charge < -0.3 is 19.7 Å². The normalized spacial score (nSPS) is 14.1. The second-order valence-electron chi connectivity index (χ2n) is 7.90.